The zero-order valence-corrected chi connectivity index (χ0v) is 20.2. The predicted molar refractivity (Wildman–Crippen MR) is 135 cm³/mol. The minimum absolute atomic E-state index is 0.501. The Morgan fingerprint density at radius 3 is 2.51 bits per heavy atom. The Bertz CT molecular complexity index is 1250. The van der Waals surface area contributed by atoms with Gasteiger partial charge in [-0.3, -0.25) is 0 Å². The Balaban J connectivity index is 1.45. The van der Waals surface area contributed by atoms with Crippen LogP contribution in [0, 0.1) is 6.92 Å². The summed E-state index contributed by atoms with van der Waals surface area (Å²) in [6.45, 7) is 6.91. The molecule has 0 atom stereocenters. The third-order valence-electron chi connectivity index (χ3n) is 5.57. The third-order valence-corrected chi connectivity index (χ3v) is 5.57. The van der Waals surface area contributed by atoms with Gasteiger partial charge in [0.2, 0.25) is 0 Å². The highest BCUT2D eigenvalue weighted by molar-refractivity contribution is 5.76. The fourth-order valence-corrected chi connectivity index (χ4v) is 3.61. The lowest BCUT2D eigenvalue weighted by Crippen LogP contribution is -2.37. The molecule has 0 radical (unpaired) electrons. The molecule has 0 aliphatic rings. The molecule has 0 saturated carbocycles. The van der Waals surface area contributed by atoms with Gasteiger partial charge in [-0.25, -0.2) is 4.79 Å². The van der Waals surface area contributed by atoms with Gasteiger partial charge in [-0.2, -0.15) is 4.98 Å². The van der Waals surface area contributed by atoms with E-state index in [2.05, 4.69) is 9.88 Å². The van der Waals surface area contributed by atoms with Crippen LogP contribution in [0.1, 0.15) is 31.4 Å². The van der Waals surface area contributed by atoms with Crippen molar-refractivity contribution in [2.24, 2.45) is 0 Å². The predicted octanol–water partition coefficient (Wildman–Crippen LogP) is 5.85. The molecule has 7 heteroatoms. The summed E-state index contributed by atoms with van der Waals surface area (Å²) in [6, 6.07) is 23.7. The second kappa shape index (κ2) is 10.5. The minimum atomic E-state index is -1.30. The Kier molecular flexibility index (Phi) is 7.25. The van der Waals surface area contributed by atoms with E-state index in [-0.39, 0.29) is 0 Å². The standard InChI is InChI=1S/C28H30N2O5/c1-20-8-6-9-23(18-20)33-17-7-16-30(27-29-24-10-4-5-11-25(24)34-27)19-21-12-14-22(15-13-21)35-28(2,3)26(31)32/h4-6,8-15,18H,7,16-17,19H2,1-3H3,(H,31,32). The fraction of sp³-hybridized carbons (Fsp3) is 0.286. The largest absolute Gasteiger partial charge is 0.494 e. The number of aromatic nitrogens is 1. The van der Waals surface area contributed by atoms with Crippen LogP contribution in [-0.2, 0) is 11.3 Å². The first-order valence-electron chi connectivity index (χ1n) is 11.6. The lowest BCUT2D eigenvalue weighted by Gasteiger charge is -2.23. The maximum absolute atomic E-state index is 11.3. The van der Waals surface area contributed by atoms with Gasteiger partial charge in [-0.15, -0.1) is 0 Å². The first kappa shape index (κ1) is 24.1. The topological polar surface area (TPSA) is 85.0 Å². The monoisotopic (exact) mass is 474 g/mol. The van der Waals surface area contributed by atoms with E-state index >= 15 is 0 Å². The van der Waals surface area contributed by atoms with Crippen LogP contribution in [0.15, 0.2) is 77.2 Å². The molecule has 1 N–H and O–H groups in total. The molecule has 0 amide bonds. The molecule has 0 saturated heterocycles. The molecule has 1 aromatic heterocycles. The number of anilines is 1. The molecule has 1 heterocycles. The van der Waals surface area contributed by atoms with Gasteiger partial charge in [0.25, 0.3) is 6.01 Å². The highest BCUT2D eigenvalue weighted by Gasteiger charge is 2.29. The molecule has 0 spiro atoms. The van der Waals surface area contributed by atoms with E-state index in [1.807, 2.05) is 67.6 Å². The summed E-state index contributed by atoms with van der Waals surface area (Å²) >= 11 is 0. The molecule has 0 unspecified atom stereocenters. The number of carboxylic acids is 1. The third kappa shape index (κ3) is 6.32. The summed E-state index contributed by atoms with van der Waals surface area (Å²) < 4.78 is 17.6. The van der Waals surface area contributed by atoms with Crippen molar-refractivity contribution in [1.29, 1.82) is 0 Å². The number of hydrogen-bond acceptors (Lipinski definition) is 6. The van der Waals surface area contributed by atoms with Crippen molar-refractivity contribution in [1.82, 2.24) is 4.98 Å². The van der Waals surface area contributed by atoms with Crippen LogP contribution in [-0.4, -0.2) is 34.8 Å². The van der Waals surface area contributed by atoms with Gasteiger partial charge in [-0.1, -0.05) is 36.4 Å². The average Bonchev–Trinajstić information content (AvgIpc) is 3.26. The van der Waals surface area contributed by atoms with Crippen LogP contribution in [0.2, 0.25) is 0 Å². The van der Waals surface area contributed by atoms with E-state index < -0.39 is 11.6 Å². The highest BCUT2D eigenvalue weighted by Crippen LogP contribution is 2.25. The quantitative estimate of drug-likeness (QED) is 0.273. The second-order valence-electron chi connectivity index (χ2n) is 8.97. The van der Waals surface area contributed by atoms with Crippen LogP contribution in [0.5, 0.6) is 11.5 Å². The van der Waals surface area contributed by atoms with Crippen LogP contribution in [0.4, 0.5) is 6.01 Å². The van der Waals surface area contributed by atoms with E-state index in [0.717, 1.165) is 34.4 Å². The van der Waals surface area contributed by atoms with Gasteiger partial charge < -0.3 is 23.9 Å². The van der Waals surface area contributed by atoms with Crippen molar-refractivity contribution >= 4 is 23.1 Å². The van der Waals surface area contributed by atoms with Crippen LogP contribution in [0.25, 0.3) is 11.1 Å². The summed E-state index contributed by atoms with van der Waals surface area (Å²) in [4.78, 5) is 18.1. The average molecular weight is 475 g/mol. The number of aliphatic carboxylic acids is 1. The van der Waals surface area contributed by atoms with Gasteiger partial charge in [0.05, 0.1) is 6.61 Å². The minimum Gasteiger partial charge on any atom is -0.494 e. The number of carbonyl (C=O) groups is 1. The molecule has 35 heavy (non-hydrogen) atoms. The number of nitrogens with zero attached hydrogens (tertiary/aromatic N) is 2. The maximum Gasteiger partial charge on any atom is 0.347 e. The van der Waals surface area contributed by atoms with Crippen molar-refractivity contribution in [3.05, 3.63) is 83.9 Å². The van der Waals surface area contributed by atoms with E-state index in [4.69, 9.17) is 13.9 Å². The summed E-state index contributed by atoms with van der Waals surface area (Å²) in [5.74, 6) is 0.344. The van der Waals surface area contributed by atoms with Crippen molar-refractivity contribution in [2.75, 3.05) is 18.1 Å². The fourth-order valence-electron chi connectivity index (χ4n) is 3.61. The number of para-hydroxylation sites is 2. The van der Waals surface area contributed by atoms with Crippen molar-refractivity contribution in [2.45, 2.75) is 39.3 Å². The van der Waals surface area contributed by atoms with Crippen LogP contribution >= 0.6 is 0 Å². The number of carboxylic acid groups (broad SMARTS) is 1. The number of oxazole rings is 1. The van der Waals surface area contributed by atoms with Gasteiger partial charge in [0.15, 0.2) is 11.2 Å². The van der Waals surface area contributed by atoms with E-state index in [1.165, 1.54) is 13.8 Å². The van der Waals surface area contributed by atoms with Gasteiger partial charge >= 0.3 is 5.97 Å². The first-order chi connectivity index (χ1) is 16.8. The molecule has 0 aliphatic heterocycles. The van der Waals surface area contributed by atoms with Crippen molar-refractivity contribution in [3.63, 3.8) is 0 Å². The number of rotatable bonds is 11. The van der Waals surface area contributed by atoms with Crippen LogP contribution in [0.3, 0.4) is 0 Å². The Hall–Kier alpha value is -4.00. The summed E-state index contributed by atoms with van der Waals surface area (Å²) in [5, 5.41) is 9.29. The molecule has 7 nitrogen and oxygen atoms in total. The zero-order chi connectivity index (χ0) is 24.8. The zero-order valence-electron chi connectivity index (χ0n) is 20.2. The number of benzene rings is 3. The Morgan fingerprint density at radius 2 is 1.80 bits per heavy atom. The molecule has 182 valence electrons. The lowest BCUT2D eigenvalue weighted by atomic mass is 10.1. The molecular formula is C28H30N2O5. The molecule has 0 fully saturated rings. The van der Waals surface area contributed by atoms with Gasteiger partial charge in [0, 0.05) is 13.1 Å². The summed E-state index contributed by atoms with van der Waals surface area (Å²) in [7, 11) is 0. The van der Waals surface area contributed by atoms with Crippen molar-refractivity contribution in [3.8, 4) is 11.5 Å². The number of fused-ring (bicyclic) bond motifs is 1. The van der Waals surface area contributed by atoms with Gasteiger partial charge in [-0.05, 0) is 74.7 Å². The lowest BCUT2D eigenvalue weighted by molar-refractivity contribution is -0.152. The summed E-state index contributed by atoms with van der Waals surface area (Å²) in [5.41, 5.74) is 2.43. The Labute approximate surface area is 204 Å². The number of hydrogen-bond donors (Lipinski definition) is 1. The van der Waals surface area contributed by atoms with E-state index in [0.29, 0.717) is 31.5 Å². The smallest absolute Gasteiger partial charge is 0.347 e. The van der Waals surface area contributed by atoms with Gasteiger partial charge in [0.1, 0.15) is 17.0 Å². The molecule has 0 bridgehead atoms. The van der Waals surface area contributed by atoms with E-state index in [9.17, 15) is 9.90 Å². The van der Waals surface area contributed by atoms with Crippen molar-refractivity contribution < 1.29 is 23.8 Å². The normalized spacial score (nSPS) is 11.4. The molecule has 4 aromatic rings. The first-order valence-corrected chi connectivity index (χ1v) is 11.6. The van der Waals surface area contributed by atoms with E-state index in [1.54, 1.807) is 12.1 Å². The molecule has 3 aromatic carbocycles. The highest BCUT2D eigenvalue weighted by atomic mass is 16.5. The molecule has 0 aliphatic carbocycles. The summed E-state index contributed by atoms with van der Waals surface area (Å²) in [6.07, 6.45) is 0.778. The van der Waals surface area contributed by atoms with Crippen LogP contribution < -0.4 is 14.4 Å². The second-order valence-corrected chi connectivity index (χ2v) is 8.97. The Morgan fingerprint density at radius 1 is 1.03 bits per heavy atom. The maximum atomic E-state index is 11.3. The number of ether oxygens (including phenoxy) is 2. The SMILES string of the molecule is Cc1cccc(OCCCN(Cc2ccc(OC(C)(C)C(=O)O)cc2)c2nc3ccccc3o2)c1. The molecular weight excluding hydrogens is 444 g/mol. The number of aryl methyl sites for hydroxylation is 1. The molecule has 4 rings (SSSR count).